The summed E-state index contributed by atoms with van der Waals surface area (Å²) < 4.78 is 5.23. The van der Waals surface area contributed by atoms with Crippen molar-refractivity contribution in [1.82, 2.24) is 10.2 Å². The van der Waals surface area contributed by atoms with E-state index in [1.807, 2.05) is 18.2 Å². The largest absolute Gasteiger partial charge is 0.381 e. The summed E-state index contributed by atoms with van der Waals surface area (Å²) in [6.07, 6.45) is 1.84. The van der Waals surface area contributed by atoms with Crippen molar-refractivity contribution < 1.29 is 14.3 Å². The molecule has 0 unspecified atom stereocenters. The Morgan fingerprint density at radius 2 is 1.91 bits per heavy atom. The van der Waals surface area contributed by atoms with Crippen molar-refractivity contribution in [3.63, 3.8) is 0 Å². The van der Waals surface area contributed by atoms with Crippen LogP contribution in [0.2, 0.25) is 0 Å². The number of ether oxygens (including phenoxy) is 1. The van der Waals surface area contributed by atoms with Crippen LogP contribution in [0.15, 0.2) is 24.3 Å². The minimum Gasteiger partial charge on any atom is -0.381 e. The molecule has 1 aromatic rings. The Morgan fingerprint density at radius 1 is 1.22 bits per heavy atom. The summed E-state index contributed by atoms with van der Waals surface area (Å²) in [4.78, 5) is 26.4. The Labute approximate surface area is 136 Å². The molecule has 0 aromatic heterocycles. The van der Waals surface area contributed by atoms with E-state index < -0.39 is 5.54 Å². The van der Waals surface area contributed by atoms with Crippen molar-refractivity contribution in [1.29, 1.82) is 0 Å². The van der Waals surface area contributed by atoms with Crippen molar-refractivity contribution in [2.75, 3.05) is 26.3 Å². The van der Waals surface area contributed by atoms with Gasteiger partial charge in [0.25, 0.3) is 0 Å². The zero-order chi connectivity index (χ0) is 16.3. The highest BCUT2D eigenvalue weighted by atomic mass is 16.5. The highest BCUT2D eigenvalue weighted by Gasteiger charge is 2.36. The van der Waals surface area contributed by atoms with Crippen LogP contribution in [-0.2, 0) is 27.3 Å². The maximum atomic E-state index is 12.3. The predicted octanol–water partition coefficient (Wildman–Crippen LogP) is 0.195. The molecule has 0 saturated carbocycles. The van der Waals surface area contributed by atoms with Gasteiger partial charge in [0.2, 0.25) is 11.8 Å². The van der Waals surface area contributed by atoms with Gasteiger partial charge in [-0.1, -0.05) is 24.3 Å². The zero-order valence-corrected chi connectivity index (χ0v) is 13.2. The Hall–Kier alpha value is -1.92. The van der Waals surface area contributed by atoms with Crippen LogP contribution in [0.25, 0.3) is 0 Å². The van der Waals surface area contributed by atoms with E-state index in [0.717, 1.165) is 6.42 Å². The van der Waals surface area contributed by atoms with Gasteiger partial charge in [0.15, 0.2) is 0 Å². The number of nitrogens with zero attached hydrogens (tertiary/aromatic N) is 1. The molecule has 1 fully saturated rings. The number of hydrogen-bond donors (Lipinski definition) is 2. The number of amides is 2. The first-order valence-corrected chi connectivity index (χ1v) is 8.08. The van der Waals surface area contributed by atoms with Gasteiger partial charge in [-0.15, -0.1) is 0 Å². The van der Waals surface area contributed by atoms with Crippen molar-refractivity contribution in [2.24, 2.45) is 5.73 Å². The molecule has 6 heteroatoms. The molecule has 0 radical (unpaired) electrons. The summed E-state index contributed by atoms with van der Waals surface area (Å²) in [5, 5.41) is 2.70. The lowest BCUT2D eigenvalue weighted by molar-refractivity contribution is -0.136. The molecule has 1 saturated heterocycles. The first-order chi connectivity index (χ1) is 11.1. The van der Waals surface area contributed by atoms with Gasteiger partial charge in [-0.2, -0.15) is 0 Å². The minimum atomic E-state index is -0.910. The summed E-state index contributed by atoms with van der Waals surface area (Å²) in [6.45, 7) is 2.27. The molecule has 0 bridgehead atoms. The number of nitrogens with two attached hydrogens (primary N) is 1. The van der Waals surface area contributed by atoms with E-state index in [9.17, 15) is 9.59 Å². The van der Waals surface area contributed by atoms with Crippen LogP contribution < -0.4 is 11.1 Å². The van der Waals surface area contributed by atoms with Gasteiger partial charge in [0.05, 0.1) is 12.1 Å². The van der Waals surface area contributed by atoms with E-state index in [-0.39, 0.29) is 18.4 Å². The van der Waals surface area contributed by atoms with Gasteiger partial charge in [-0.05, 0) is 30.4 Å². The maximum absolute atomic E-state index is 12.3. The van der Waals surface area contributed by atoms with E-state index in [2.05, 4.69) is 11.4 Å². The SMILES string of the molecule is NC1(C(=O)NCC(=O)N2CCc3ccccc3C2)CCOCC1. The highest BCUT2D eigenvalue weighted by Crippen LogP contribution is 2.19. The molecule has 6 nitrogen and oxygen atoms in total. The summed E-state index contributed by atoms with van der Waals surface area (Å²) in [6, 6.07) is 8.15. The molecule has 0 aliphatic carbocycles. The molecule has 2 aliphatic rings. The molecule has 2 amide bonds. The second kappa shape index (κ2) is 6.68. The predicted molar refractivity (Wildman–Crippen MR) is 85.5 cm³/mol. The molecule has 2 aliphatic heterocycles. The summed E-state index contributed by atoms with van der Waals surface area (Å²) in [7, 11) is 0. The van der Waals surface area contributed by atoms with Crippen molar-refractivity contribution in [3.05, 3.63) is 35.4 Å². The van der Waals surface area contributed by atoms with E-state index in [1.165, 1.54) is 11.1 Å². The van der Waals surface area contributed by atoms with Crippen LogP contribution in [0.3, 0.4) is 0 Å². The van der Waals surface area contributed by atoms with Crippen molar-refractivity contribution in [3.8, 4) is 0 Å². The fraction of sp³-hybridized carbons (Fsp3) is 0.529. The highest BCUT2D eigenvalue weighted by molar-refractivity contribution is 5.90. The Bertz CT molecular complexity index is 597. The van der Waals surface area contributed by atoms with Crippen LogP contribution in [0.4, 0.5) is 0 Å². The molecule has 2 heterocycles. The molecule has 23 heavy (non-hydrogen) atoms. The van der Waals surface area contributed by atoms with Gasteiger partial charge < -0.3 is 20.7 Å². The van der Waals surface area contributed by atoms with Gasteiger partial charge in [0, 0.05) is 26.3 Å². The number of fused-ring (bicyclic) bond motifs is 1. The standard InChI is InChI=1S/C17H23N3O3/c18-17(6-9-23-10-7-17)16(22)19-11-15(21)20-8-5-13-3-1-2-4-14(13)12-20/h1-4H,5-12,18H2,(H,19,22). The monoisotopic (exact) mass is 317 g/mol. The third-order valence-electron chi connectivity index (χ3n) is 4.72. The normalized spacial score (nSPS) is 19.8. The number of benzene rings is 1. The lowest BCUT2D eigenvalue weighted by Crippen LogP contribution is -2.58. The van der Waals surface area contributed by atoms with Gasteiger partial charge in [0.1, 0.15) is 0 Å². The van der Waals surface area contributed by atoms with Crippen LogP contribution in [0.5, 0.6) is 0 Å². The molecule has 0 spiro atoms. The first kappa shape index (κ1) is 16.0. The molecule has 1 aromatic carbocycles. The van der Waals surface area contributed by atoms with Crippen molar-refractivity contribution in [2.45, 2.75) is 31.3 Å². The van der Waals surface area contributed by atoms with Gasteiger partial charge >= 0.3 is 0 Å². The average molecular weight is 317 g/mol. The number of carbonyl (C=O) groups is 2. The number of rotatable bonds is 3. The molecule has 3 N–H and O–H groups in total. The van der Waals surface area contributed by atoms with Gasteiger partial charge in [-0.3, -0.25) is 9.59 Å². The van der Waals surface area contributed by atoms with Gasteiger partial charge in [-0.25, -0.2) is 0 Å². The maximum Gasteiger partial charge on any atom is 0.242 e. The minimum absolute atomic E-state index is 0.000801. The third kappa shape index (κ3) is 3.54. The molecule has 3 rings (SSSR count). The quantitative estimate of drug-likeness (QED) is 0.834. The molecule has 124 valence electrons. The number of carbonyl (C=O) groups excluding carboxylic acids is 2. The van der Waals surface area contributed by atoms with E-state index in [4.69, 9.17) is 10.5 Å². The first-order valence-electron chi connectivity index (χ1n) is 8.08. The van der Waals surface area contributed by atoms with Crippen LogP contribution >= 0.6 is 0 Å². The fourth-order valence-electron chi connectivity index (χ4n) is 3.12. The van der Waals surface area contributed by atoms with Crippen LogP contribution in [0.1, 0.15) is 24.0 Å². The third-order valence-corrected chi connectivity index (χ3v) is 4.72. The smallest absolute Gasteiger partial charge is 0.242 e. The molecular formula is C17H23N3O3. The van der Waals surface area contributed by atoms with E-state index in [0.29, 0.717) is 39.1 Å². The van der Waals surface area contributed by atoms with E-state index >= 15 is 0 Å². The Morgan fingerprint density at radius 3 is 2.65 bits per heavy atom. The summed E-state index contributed by atoms with van der Waals surface area (Å²) in [5.74, 6) is -0.324. The Balaban J connectivity index is 1.53. The lowest BCUT2D eigenvalue weighted by Gasteiger charge is -2.32. The number of nitrogens with one attached hydrogen (secondary N) is 1. The zero-order valence-electron chi connectivity index (χ0n) is 13.2. The average Bonchev–Trinajstić information content (AvgIpc) is 2.59. The molecule has 0 atom stereocenters. The second-order valence-electron chi connectivity index (χ2n) is 6.29. The lowest BCUT2D eigenvalue weighted by atomic mass is 9.90. The van der Waals surface area contributed by atoms with Crippen molar-refractivity contribution >= 4 is 11.8 Å². The molecular weight excluding hydrogens is 294 g/mol. The number of hydrogen-bond acceptors (Lipinski definition) is 4. The van der Waals surface area contributed by atoms with Crippen LogP contribution in [0, 0.1) is 0 Å². The fourth-order valence-corrected chi connectivity index (χ4v) is 3.12. The second-order valence-corrected chi connectivity index (χ2v) is 6.29. The van der Waals surface area contributed by atoms with Crippen LogP contribution in [-0.4, -0.2) is 48.6 Å². The summed E-state index contributed by atoms with van der Waals surface area (Å²) >= 11 is 0. The van der Waals surface area contributed by atoms with E-state index in [1.54, 1.807) is 4.90 Å². The summed E-state index contributed by atoms with van der Waals surface area (Å²) in [5.41, 5.74) is 7.68. The topological polar surface area (TPSA) is 84.7 Å². The Kier molecular flexibility index (Phi) is 4.63.